The van der Waals surface area contributed by atoms with Crippen molar-refractivity contribution in [2.45, 2.75) is 18.7 Å². The number of aromatic nitrogens is 2. The van der Waals surface area contributed by atoms with Gasteiger partial charge in [-0.1, -0.05) is 12.1 Å². The smallest absolute Gasteiger partial charge is 0.272 e. The number of para-hydroxylation sites is 2. The van der Waals surface area contributed by atoms with Gasteiger partial charge in [0.1, 0.15) is 4.90 Å². The first kappa shape index (κ1) is 18.7. The largest absolute Gasteiger partial charge is 0.493 e. The van der Waals surface area contributed by atoms with Crippen LogP contribution in [-0.2, 0) is 21.9 Å². The molecule has 136 valence electrons. The monoisotopic (exact) mass is 368 g/mol. The number of hydrazine groups is 1. The highest BCUT2D eigenvalue weighted by Crippen LogP contribution is 2.25. The molecule has 0 fully saturated rings. The van der Waals surface area contributed by atoms with E-state index in [-0.39, 0.29) is 11.5 Å². The maximum atomic E-state index is 12.3. The maximum Gasteiger partial charge on any atom is 0.272 e. The number of hydrogen-bond donors (Lipinski definition) is 2. The van der Waals surface area contributed by atoms with Crippen LogP contribution in [0.1, 0.15) is 11.4 Å². The minimum atomic E-state index is -3.94. The molecule has 2 aromatic rings. The minimum absolute atomic E-state index is 0.0287. The Balaban J connectivity index is 1.97. The zero-order valence-electron chi connectivity index (χ0n) is 14.4. The van der Waals surface area contributed by atoms with Crippen molar-refractivity contribution in [2.24, 2.45) is 7.05 Å². The molecule has 2 N–H and O–H groups in total. The number of ether oxygens (including phenoxy) is 2. The Bertz CT molecular complexity index is 876. The molecule has 0 aliphatic carbocycles. The van der Waals surface area contributed by atoms with Gasteiger partial charge in [0.25, 0.3) is 15.9 Å². The highest BCUT2D eigenvalue weighted by Gasteiger charge is 2.24. The number of nitrogens with one attached hydrogen (secondary N) is 2. The summed E-state index contributed by atoms with van der Waals surface area (Å²) in [4.78, 5) is 13.9. The number of benzene rings is 1. The number of carbonyl (C=O) groups is 1. The van der Waals surface area contributed by atoms with Crippen molar-refractivity contribution in [3.63, 3.8) is 0 Å². The quantitative estimate of drug-likeness (QED) is 0.686. The summed E-state index contributed by atoms with van der Waals surface area (Å²) in [6.07, 6.45) is 0. The van der Waals surface area contributed by atoms with Gasteiger partial charge in [0, 0.05) is 7.05 Å². The van der Waals surface area contributed by atoms with Gasteiger partial charge in [-0.25, -0.2) is 8.42 Å². The van der Waals surface area contributed by atoms with Gasteiger partial charge in [-0.2, -0.15) is 5.10 Å². The Morgan fingerprint density at radius 1 is 1.24 bits per heavy atom. The van der Waals surface area contributed by atoms with E-state index in [0.717, 1.165) is 0 Å². The van der Waals surface area contributed by atoms with Gasteiger partial charge in [0.2, 0.25) is 0 Å². The van der Waals surface area contributed by atoms with Gasteiger partial charge >= 0.3 is 0 Å². The number of sulfonamides is 1. The molecule has 0 spiro atoms. The Hall–Kier alpha value is -2.59. The minimum Gasteiger partial charge on any atom is -0.493 e. The molecule has 9 nitrogen and oxygen atoms in total. The number of rotatable bonds is 7. The maximum absolute atomic E-state index is 12.3. The van der Waals surface area contributed by atoms with Gasteiger partial charge in [0.15, 0.2) is 18.1 Å². The van der Waals surface area contributed by atoms with Crippen LogP contribution in [0.2, 0.25) is 0 Å². The molecule has 0 aliphatic rings. The fourth-order valence-electron chi connectivity index (χ4n) is 2.24. The second-order valence-corrected chi connectivity index (χ2v) is 6.84. The Morgan fingerprint density at radius 2 is 1.88 bits per heavy atom. The normalized spacial score (nSPS) is 11.2. The van der Waals surface area contributed by atoms with Crippen LogP contribution in [-0.4, -0.2) is 37.8 Å². The standard InChI is InChI=1S/C15H20N4O5S/c1-10-15(11(2)19(3)17-10)25(21,22)18-16-14(20)9-24-13-8-6-5-7-12(13)23-4/h5-8,18H,9H2,1-4H3,(H,16,20). The molecule has 0 radical (unpaired) electrons. The fraction of sp³-hybridized carbons (Fsp3) is 0.333. The van der Waals surface area contributed by atoms with E-state index in [9.17, 15) is 13.2 Å². The average Bonchev–Trinajstić information content (AvgIpc) is 2.84. The lowest BCUT2D eigenvalue weighted by Gasteiger charge is -2.11. The van der Waals surface area contributed by atoms with E-state index in [1.807, 2.05) is 4.83 Å². The van der Waals surface area contributed by atoms with E-state index < -0.39 is 15.9 Å². The van der Waals surface area contributed by atoms with Crippen molar-refractivity contribution < 1.29 is 22.7 Å². The van der Waals surface area contributed by atoms with Gasteiger partial charge in [0.05, 0.1) is 18.5 Å². The topological polar surface area (TPSA) is 112 Å². The van der Waals surface area contributed by atoms with Gasteiger partial charge in [-0.05, 0) is 26.0 Å². The molecule has 0 saturated heterocycles. The first-order valence-electron chi connectivity index (χ1n) is 7.33. The van der Waals surface area contributed by atoms with E-state index in [2.05, 4.69) is 10.5 Å². The highest BCUT2D eigenvalue weighted by molar-refractivity contribution is 7.89. The number of hydrogen-bond acceptors (Lipinski definition) is 6. The first-order chi connectivity index (χ1) is 11.8. The van der Waals surface area contributed by atoms with Gasteiger partial charge in [-0.3, -0.25) is 14.9 Å². The summed E-state index contributed by atoms with van der Waals surface area (Å²) in [5.41, 5.74) is 2.92. The van der Waals surface area contributed by atoms with Crippen LogP contribution < -0.4 is 19.7 Å². The molecule has 0 aliphatic heterocycles. The van der Waals surface area contributed by atoms with Crippen molar-refractivity contribution in [2.75, 3.05) is 13.7 Å². The SMILES string of the molecule is COc1ccccc1OCC(=O)NNS(=O)(=O)c1c(C)nn(C)c1C. The molecule has 25 heavy (non-hydrogen) atoms. The molecule has 0 atom stereocenters. The molecule has 0 saturated carbocycles. The molecule has 1 amide bonds. The third kappa shape index (κ3) is 4.28. The molecule has 1 heterocycles. The molecule has 0 unspecified atom stereocenters. The summed E-state index contributed by atoms with van der Waals surface area (Å²) in [6.45, 7) is 2.82. The van der Waals surface area contributed by atoms with E-state index in [1.165, 1.54) is 11.8 Å². The number of aryl methyl sites for hydroxylation is 2. The van der Waals surface area contributed by atoms with E-state index in [0.29, 0.717) is 22.9 Å². The zero-order valence-corrected chi connectivity index (χ0v) is 15.2. The van der Waals surface area contributed by atoms with Crippen LogP contribution in [0.4, 0.5) is 0 Å². The lowest BCUT2D eigenvalue weighted by molar-refractivity contribution is -0.123. The predicted octanol–water partition coefficient (Wildman–Crippen LogP) is 0.434. The Morgan fingerprint density at radius 3 is 2.44 bits per heavy atom. The first-order valence-corrected chi connectivity index (χ1v) is 8.81. The number of methoxy groups -OCH3 is 1. The van der Waals surface area contributed by atoms with Crippen LogP contribution >= 0.6 is 0 Å². The highest BCUT2D eigenvalue weighted by atomic mass is 32.2. The summed E-state index contributed by atoms with van der Waals surface area (Å²) in [5.74, 6) is 0.188. The molecule has 0 bridgehead atoms. The van der Waals surface area contributed by atoms with E-state index >= 15 is 0 Å². The van der Waals surface area contributed by atoms with Crippen LogP contribution in [0.15, 0.2) is 29.2 Å². The summed E-state index contributed by atoms with van der Waals surface area (Å²) >= 11 is 0. The van der Waals surface area contributed by atoms with Crippen LogP contribution in [0.25, 0.3) is 0 Å². The number of nitrogens with zero attached hydrogens (tertiary/aromatic N) is 2. The summed E-state index contributed by atoms with van der Waals surface area (Å²) in [5, 5.41) is 4.05. The molecule has 1 aromatic heterocycles. The average molecular weight is 368 g/mol. The lowest BCUT2D eigenvalue weighted by Crippen LogP contribution is -2.44. The molecule has 2 rings (SSSR count). The molecular weight excluding hydrogens is 348 g/mol. The summed E-state index contributed by atoms with van der Waals surface area (Å²) in [7, 11) is -0.816. The molecule has 10 heteroatoms. The zero-order chi connectivity index (χ0) is 18.6. The third-order valence-electron chi connectivity index (χ3n) is 3.46. The van der Waals surface area contributed by atoms with Crippen LogP contribution in [0.5, 0.6) is 11.5 Å². The van der Waals surface area contributed by atoms with Crippen molar-refractivity contribution in [1.29, 1.82) is 0 Å². The summed E-state index contributed by atoms with van der Waals surface area (Å²) < 4.78 is 36.5. The van der Waals surface area contributed by atoms with E-state index in [4.69, 9.17) is 9.47 Å². The fourth-order valence-corrected chi connectivity index (χ4v) is 3.54. The summed E-state index contributed by atoms with van der Waals surface area (Å²) in [6, 6.07) is 6.81. The Labute approximate surface area is 146 Å². The number of carbonyl (C=O) groups excluding carboxylic acids is 1. The van der Waals surface area contributed by atoms with Crippen LogP contribution in [0.3, 0.4) is 0 Å². The predicted molar refractivity (Wildman–Crippen MR) is 89.6 cm³/mol. The van der Waals surface area contributed by atoms with Crippen molar-refractivity contribution >= 4 is 15.9 Å². The molecular formula is C15H20N4O5S. The molecule has 1 aromatic carbocycles. The lowest BCUT2D eigenvalue weighted by atomic mass is 10.3. The van der Waals surface area contributed by atoms with Crippen LogP contribution in [0, 0.1) is 13.8 Å². The Kier molecular flexibility index (Phi) is 5.65. The second kappa shape index (κ2) is 7.53. The van der Waals surface area contributed by atoms with E-state index in [1.54, 1.807) is 45.2 Å². The van der Waals surface area contributed by atoms with Gasteiger partial charge < -0.3 is 9.47 Å². The second-order valence-electron chi connectivity index (χ2n) is 5.22. The van der Waals surface area contributed by atoms with Crippen molar-refractivity contribution in [3.8, 4) is 11.5 Å². The van der Waals surface area contributed by atoms with Gasteiger partial charge in [-0.15, -0.1) is 4.83 Å². The third-order valence-corrected chi connectivity index (χ3v) is 4.96. The number of amides is 1. The van der Waals surface area contributed by atoms with Crippen molar-refractivity contribution in [1.82, 2.24) is 20.0 Å². The van der Waals surface area contributed by atoms with Crippen molar-refractivity contribution in [3.05, 3.63) is 35.7 Å².